The number of hydrogen-bond acceptors (Lipinski definition) is 2. The molecule has 2 bridgehead atoms. The third-order valence-electron chi connectivity index (χ3n) is 3.36. The van der Waals surface area contributed by atoms with Gasteiger partial charge in [0.25, 0.3) is 0 Å². The molecule has 3 nitrogen and oxygen atoms in total. The Bertz CT molecular complexity index is 371. The maximum Gasteiger partial charge on any atom is 0.413 e. The summed E-state index contributed by atoms with van der Waals surface area (Å²) in [6, 6.07) is 9.16. The van der Waals surface area contributed by atoms with Gasteiger partial charge in [-0.2, -0.15) is 0 Å². The molecule has 3 aliphatic rings. The molecule has 3 saturated carbocycles. The quantitative estimate of drug-likeness (QED) is 0.801. The fourth-order valence-corrected chi connectivity index (χ4v) is 2.47. The zero-order valence-electron chi connectivity index (χ0n) is 8.40. The van der Waals surface area contributed by atoms with Gasteiger partial charge in [-0.3, -0.25) is 0 Å². The van der Waals surface area contributed by atoms with Crippen LogP contribution in [0, 0.1) is 5.92 Å². The van der Waals surface area contributed by atoms with Gasteiger partial charge < -0.3 is 10.1 Å². The zero-order chi connectivity index (χ0) is 10.3. The molecule has 1 N–H and O–H groups in total. The van der Waals surface area contributed by atoms with Crippen molar-refractivity contribution in [2.24, 2.45) is 5.92 Å². The number of rotatable bonds is 2. The molecule has 3 aliphatic carbocycles. The first-order valence-electron chi connectivity index (χ1n) is 5.31. The molecule has 78 valence electrons. The molecule has 0 unspecified atom stereocenters. The third kappa shape index (κ3) is 1.48. The minimum atomic E-state index is -0.320. The third-order valence-corrected chi connectivity index (χ3v) is 3.36. The molecule has 3 fully saturated rings. The normalized spacial score (nSPS) is 31.1. The first kappa shape index (κ1) is 8.77. The molecule has 1 aromatic rings. The number of hydrogen-bond donors (Lipinski definition) is 1. The van der Waals surface area contributed by atoms with E-state index in [0.29, 0.717) is 5.75 Å². The number of nitrogens with one attached hydrogen (secondary N) is 1. The van der Waals surface area contributed by atoms with Gasteiger partial charge in [-0.15, -0.1) is 0 Å². The maximum atomic E-state index is 11.5. The van der Waals surface area contributed by atoms with Crippen LogP contribution < -0.4 is 10.1 Å². The minimum Gasteiger partial charge on any atom is -0.410 e. The van der Waals surface area contributed by atoms with Crippen molar-refractivity contribution in [1.82, 2.24) is 5.32 Å². The van der Waals surface area contributed by atoms with Gasteiger partial charge in [0.1, 0.15) is 5.75 Å². The summed E-state index contributed by atoms with van der Waals surface area (Å²) in [6.07, 6.45) is 3.09. The lowest BCUT2D eigenvalue weighted by atomic mass is 9.50. The monoisotopic (exact) mass is 203 g/mol. The molecular formula is C12H13NO2. The van der Waals surface area contributed by atoms with Crippen LogP contribution in [0.5, 0.6) is 5.75 Å². The number of para-hydroxylation sites is 1. The van der Waals surface area contributed by atoms with Crippen LogP contribution in [-0.2, 0) is 0 Å². The summed E-state index contributed by atoms with van der Waals surface area (Å²) in [5.74, 6) is 1.46. The molecule has 0 aliphatic heterocycles. The van der Waals surface area contributed by atoms with Crippen molar-refractivity contribution in [3.8, 4) is 5.75 Å². The minimum absolute atomic E-state index is 0.0938. The lowest BCUT2D eigenvalue weighted by molar-refractivity contribution is -0.0440. The summed E-state index contributed by atoms with van der Waals surface area (Å²) in [4.78, 5) is 11.5. The lowest BCUT2D eigenvalue weighted by Crippen LogP contribution is -2.68. The first-order chi connectivity index (χ1) is 7.26. The first-order valence-corrected chi connectivity index (χ1v) is 5.31. The van der Waals surface area contributed by atoms with Crippen molar-refractivity contribution in [2.75, 3.05) is 0 Å². The Labute approximate surface area is 88.4 Å². The number of ether oxygens (including phenoxy) is 1. The van der Waals surface area contributed by atoms with Crippen molar-refractivity contribution in [3.63, 3.8) is 0 Å². The lowest BCUT2D eigenvalue weighted by Gasteiger charge is -2.61. The van der Waals surface area contributed by atoms with Crippen molar-refractivity contribution in [3.05, 3.63) is 30.3 Å². The maximum absolute atomic E-state index is 11.5. The van der Waals surface area contributed by atoms with Gasteiger partial charge in [0.2, 0.25) is 0 Å². The zero-order valence-corrected chi connectivity index (χ0v) is 8.40. The van der Waals surface area contributed by atoms with Gasteiger partial charge >= 0.3 is 6.09 Å². The van der Waals surface area contributed by atoms with E-state index >= 15 is 0 Å². The van der Waals surface area contributed by atoms with E-state index in [4.69, 9.17) is 4.74 Å². The predicted octanol–water partition coefficient (Wildman–Crippen LogP) is 2.33. The summed E-state index contributed by atoms with van der Waals surface area (Å²) in [5, 5.41) is 2.95. The summed E-state index contributed by atoms with van der Waals surface area (Å²) in [6.45, 7) is 0. The largest absolute Gasteiger partial charge is 0.413 e. The van der Waals surface area contributed by atoms with Crippen LogP contribution in [0.1, 0.15) is 19.3 Å². The second-order valence-corrected chi connectivity index (χ2v) is 4.59. The topological polar surface area (TPSA) is 38.3 Å². The SMILES string of the molecule is O=C(NC12CC(C1)C2)Oc1ccccc1. The summed E-state index contributed by atoms with van der Waals surface area (Å²) in [5.41, 5.74) is 0.0938. The van der Waals surface area contributed by atoms with Gasteiger partial charge in [0.05, 0.1) is 0 Å². The van der Waals surface area contributed by atoms with Crippen molar-refractivity contribution >= 4 is 6.09 Å². The van der Waals surface area contributed by atoms with Gasteiger partial charge in [-0.05, 0) is 37.3 Å². The van der Waals surface area contributed by atoms with Gasteiger partial charge in [0, 0.05) is 5.54 Å². The van der Waals surface area contributed by atoms with Crippen LogP contribution >= 0.6 is 0 Å². The Balaban J connectivity index is 1.57. The Morgan fingerprint density at radius 2 is 1.93 bits per heavy atom. The summed E-state index contributed by atoms with van der Waals surface area (Å²) in [7, 11) is 0. The molecule has 0 heterocycles. The van der Waals surface area contributed by atoms with Gasteiger partial charge in [0.15, 0.2) is 0 Å². The highest BCUT2D eigenvalue weighted by Gasteiger charge is 2.57. The summed E-state index contributed by atoms with van der Waals surface area (Å²) < 4.78 is 5.16. The van der Waals surface area contributed by atoms with E-state index in [1.807, 2.05) is 18.2 Å². The smallest absolute Gasteiger partial charge is 0.410 e. The van der Waals surface area contributed by atoms with E-state index in [2.05, 4.69) is 5.32 Å². The second kappa shape index (κ2) is 2.99. The van der Waals surface area contributed by atoms with E-state index < -0.39 is 0 Å². The Morgan fingerprint density at radius 3 is 2.47 bits per heavy atom. The fraction of sp³-hybridized carbons (Fsp3) is 0.417. The summed E-state index contributed by atoms with van der Waals surface area (Å²) >= 11 is 0. The molecule has 0 atom stereocenters. The van der Waals surface area contributed by atoms with E-state index in [-0.39, 0.29) is 11.6 Å². The number of benzene rings is 1. The Kier molecular flexibility index (Phi) is 1.75. The molecule has 15 heavy (non-hydrogen) atoms. The molecule has 0 spiro atoms. The predicted molar refractivity (Wildman–Crippen MR) is 55.7 cm³/mol. The number of amides is 1. The molecule has 0 radical (unpaired) electrons. The highest BCUT2D eigenvalue weighted by Crippen LogP contribution is 2.56. The molecule has 4 rings (SSSR count). The van der Waals surface area contributed by atoms with Crippen molar-refractivity contribution in [2.45, 2.75) is 24.8 Å². The van der Waals surface area contributed by atoms with Crippen molar-refractivity contribution in [1.29, 1.82) is 0 Å². The molecule has 0 saturated heterocycles. The van der Waals surface area contributed by atoms with Crippen molar-refractivity contribution < 1.29 is 9.53 Å². The standard InChI is InChI=1S/C12H13NO2/c14-11(13-12-6-9(7-12)8-12)15-10-4-2-1-3-5-10/h1-5,9H,6-8H2,(H,13,14). The highest BCUT2D eigenvalue weighted by atomic mass is 16.6. The Hall–Kier alpha value is -1.51. The van der Waals surface area contributed by atoms with E-state index in [0.717, 1.165) is 25.2 Å². The fourth-order valence-electron chi connectivity index (χ4n) is 2.47. The average molecular weight is 203 g/mol. The average Bonchev–Trinajstić information content (AvgIpc) is 2.11. The van der Waals surface area contributed by atoms with Crippen LogP contribution in [0.2, 0.25) is 0 Å². The Morgan fingerprint density at radius 1 is 1.27 bits per heavy atom. The number of carbonyl (C=O) groups excluding carboxylic acids is 1. The van der Waals surface area contributed by atoms with E-state index in [9.17, 15) is 4.79 Å². The molecule has 0 aromatic heterocycles. The molecule has 1 aromatic carbocycles. The van der Waals surface area contributed by atoms with Crippen LogP contribution in [0.3, 0.4) is 0 Å². The van der Waals surface area contributed by atoms with E-state index in [1.54, 1.807) is 12.1 Å². The molecule has 3 heteroatoms. The van der Waals surface area contributed by atoms with Crippen LogP contribution in [0.25, 0.3) is 0 Å². The highest BCUT2D eigenvalue weighted by molar-refractivity contribution is 5.72. The van der Waals surface area contributed by atoms with Gasteiger partial charge in [-0.25, -0.2) is 4.79 Å². The second-order valence-electron chi connectivity index (χ2n) is 4.59. The molecular weight excluding hydrogens is 190 g/mol. The molecule has 1 amide bonds. The van der Waals surface area contributed by atoms with Gasteiger partial charge in [-0.1, -0.05) is 18.2 Å². The van der Waals surface area contributed by atoms with Crippen LogP contribution in [-0.4, -0.2) is 11.6 Å². The number of carbonyl (C=O) groups is 1. The van der Waals surface area contributed by atoms with E-state index in [1.165, 1.54) is 0 Å². The van der Waals surface area contributed by atoms with Crippen LogP contribution in [0.4, 0.5) is 4.79 Å². The van der Waals surface area contributed by atoms with Crippen LogP contribution in [0.15, 0.2) is 30.3 Å².